The number of rotatable bonds is 6. The molecule has 8 heteroatoms. The summed E-state index contributed by atoms with van der Waals surface area (Å²) < 4.78 is 5.05. The van der Waals surface area contributed by atoms with Gasteiger partial charge in [0.2, 0.25) is 5.91 Å². The summed E-state index contributed by atoms with van der Waals surface area (Å²) in [6, 6.07) is 8.24. The Balaban J connectivity index is 2.29. The number of nitrogens with one attached hydrogen (secondary N) is 4. The van der Waals surface area contributed by atoms with Gasteiger partial charge in [0.15, 0.2) is 0 Å². The first-order valence-electron chi connectivity index (χ1n) is 7.54. The summed E-state index contributed by atoms with van der Waals surface area (Å²) in [6.45, 7) is 6.45. The smallest absolute Gasteiger partial charge is 0.408 e. The van der Waals surface area contributed by atoms with Crippen molar-refractivity contribution in [2.75, 3.05) is 12.0 Å². The van der Waals surface area contributed by atoms with Crippen LogP contribution in [0.5, 0.6) is 0 Å². The molecule has 0 unspecified atom stereocenters. The van der Waals surface area contributed by atoms with Crippen molar-refractivity contribution in [2.24, 2.45) is 0 Å². The van der Waals surface area contributed by atoms with Gasteiger partial charge in [-0.15, -0.1) is 0 Å². The van der Waals surface area contributed by atoms with Gasteiger partial charge in [0.1, 0.15) is 11.6 Å². The Hall–Kier alpha value is -2.77. The number of anilines is 1. The molecule has 0 aliphatic carbocycles. The van der Waals surface area contributed by atoms with Gasteiger partial charge in [-0.25, -0.2) is 4.79 Å². The van der Waals surface area contributed by atoms with Crippen LogP contribution in [0, 0.1) is 0 Å². The lowest BCUT2D eigenvalue weighted by Crippen LogP contribution is -2.49. The van der Waals surface area contributed by atoms with Crippen molar-refractivity contribution in [1.29, 1.82) is 0 Å². The van der Waals surface area contributed by atoms with Crippen LogP contribution in [-0.2, 0) is 14.3 Å². The molecule has 0 aliphatic rings. The van der Waals surface area contributed by atoms with E-state index in [-0.39, 0.29) is 6.54 Å². The third kappa shape index (κ3) is 8.02. The fourth-order valence-electron chi connectivity index (χ4n) is 1.58. The van der Waals surface area contributed by atoms with E-state index in [0.717, 1.165) is 5.69 Å². The lowest BCUT2D eigenvalue weighted by atomic mass is 10.2. The molecule has 4 N–H and O–H groups in total. The number of carbonyl (C=O) groups excluding carboxylic acids is 3. The Morgan fingerprint density at radius 1 is 1.12 bits per heavy atom. The largest absolute Gasteiger partial charge is 0.444 e. The summed E-state index contributed by atoms with van der Waals surface area (Å²) in [7, 11) is 0. The van der Waals surface area contributed by atoms with Gasteiger partial charge in [0.25, 0.3) is 5.91 Å². The molecule has 0 aromatic heterocycles. The zero-order valence-electron chi connectivity index (χ0n) is 14.3. The van der Waals surface area contributed by atoms with E-state index < -0.39 is 29.6 Å². The van der Waals surface area contributed by atoms with Crippen LogP contribution in [0.25, 0.3) is 0 Å². The summed E-state index contributed by atoms with van der Waals surface area (Å²) in [5, 5.41) is 4.82. The zero-order chi connectivity index (χ0) is 18.2. The average molecular weight is 336 g/mol. The third-order valence-electron chi connectivity index (χ3n) is 2.67. The highest BCUT2D eigenvalue weighted by atomic mass is 16.6. The molecule has 24 heavy (non-hydrogen) atoms. The Bertz CT molecular complexity index is 569. The summed E-state index contributed by atoms with van der Waals surface area (Å²) in [4.78, 5) is 35.1. The van der Waals surface area contributed by atoms with E-state index in [0.29, 0.717) is 0 Å². The van der Waals surface area contributed by atoms with Gasteiger partial charge in [-0.3, -0.25) is 20.4 Å². The second kappa shape index (κ2) is 8.76. The molecule has 1 atom stereocenters. The first kappa shape index (κ1) is 19.3. The van der Waals surface area contributed by atoms with Gasteiger partial charge in [-0.1, -0.05) is 18.2 Å². The molecule has 1 rings (SSSR count). The first-order valence-corrected chi connectivity index (χ1v) is 7.54. The number of para-hydroxylation sites is 1. The van der Waals surface area contributed by atoms with E-state index in [9.17, 15) is 14.4 Å². The number of ether oxygens (including phenoxy) is 1. The second-order valence-electron chi connectivity index (χ2n) is 6.12. The lowest BCUT2D eigenvalue weighted by Gasteiger charge is -2.21. The number of carbonyl (C=O) groups is 3. The van der Waals surface area contributed by atoms with Gasteiger partial charge in [0.05, 0.1) is 12.2 Å². The topological polar surface area (TPSA) is 109 Å². The number of hydrazine groups is 1. The van der Waals surface area contributed by atoms with E-state index in [2.05, 4.69) is 21.5 Å². The van der Waals surface area contributed by atoms with Crippen molar-refractivity contribution in [3.05, 3.63) is 30.3 Å². The molecule has 8 nitrogen and oxygen atoms in total. The van der Waals surface area contributed by atoms with E-state index in [1.807, 2.05) is 18.2 Å². The Kier molecular flexibility index (Phi) is 7.03. The minimum absolute atomic E-state index is 0.223. The molecule has 0 radical (unpaired) electrons. The number of hydrogen-bond acceptors (Lipinski definition) is 5. The molecule has 132 valence electrons. The van der Waals surface area contributed by atoms with Crippen molar-refractivity contribution in [3.63, 3.8) is 0 Å². The molecule has 0 spiro atoms. The molecule has 1 aromatic rings. The van der Waals surface area contributed by atoms with Gasteiger partial charge in [-0.05, 0) is 39.8 Å². The Labute approximate surface area is 141 Å². The minimum Gasteiger partial charge on any atom is -0.444 e. The molecule has 3 amide bonds. The standard InChI is InChI=1S/C16H24N4O4/c1-11(18-15(23)24-16(2,3)4)14(22)17-10-13(21)20-19-12-8-6-5-7-9-12/h5-9,11,19H,10H2,1-4H3,(H,17,22)(H,18,23)(H,20,21)/t11-/m0/s1. The van der Waals surface area contributed by atoms with Gasteiger partial charge in [-0.2, -0.15) is 0 Å². The monoisotopic (exact) mass is 336 g/mol. The number of hydrogen-bond donors (Lipinski definition) is 4. The molecule has 0 heterocycles. The van der Waals surface area contributed by atoms with E-state index in [1.165, 1.54) is 6.92 Å². The van der Waals surface area contributed by atoms with Gasteiger partial charge >= 0.3 is 6.09 Å². The predicted octanol–water partition coefficient (Wildman–Crippen LogP) is 1.16. The van der Waals surface area contributed by atoms with Crippen LogP contribution < -0.4 is 21.5 Å². The van der Waals surface area contributed by atoms with E-state index in [4.69, 9.17) is 4.74 Å². The normalized spacial score (nSPS) is 11.8. The van der Waals surface area contributed by atoms with Crippen molar-refractivity contribution in [1.82, 2.24) is 16.1 Å². The first-order chi connectivity index (χ1) is 11.2. The van der Waals surface area contributed by atoms with Crippen molar-refractivity contribution < 1.29 is 19.1 Å². The van der Waals surface area contributed by atoms with Crippen molar-refractivity contribution in [2.45, 2.75) is 39.3 Å². The predicted molar refractivity (Wildman–Crippen MR) is 90.0 cm³/mol. The number of alkyl carbamates (subject to hydrolysis) is 1. The van der Waals surface area contributed by atoms with Crippen molar-refractivity contribution >= 4 is 23.6 Å². The fourth-order valence-corrected chi connectivity index (χ4v) is 1.58. The lowest BCUT2D eigenvalue weighted by molar-refractivity contribution is -0.126. The molecule has 0 aliphatic heterocycles. The Morgan fingerprint density at radius 2 is 1.75 bits per heavy atom. The highest BCUT2D eigenvalue weighted by molar-refractivity contribution is 5.89. The fraction of sp³-hybridized carbons (Fsp3) is 0.438. The minimum atomic E-state index is -0.824. The van der Waals surface area contributed by atoms with Crippen LogP contribution in [0.3, 0.4) is 0 Å². The summed E-state index contributed by atoms with van der Waals surface area (Å²) in [5.74, 6) is -0.910. The zero-order valence-corrected chi connectivity index (χ0v) is 14.3. The second-order valence-corrected chi connectivity index (χ2v) is 6.12. The van der Waals surface area contributed by atoms with Gasteiger partial charge < -0.3 is 15.4 Å². The molecular weight excluding hydrogens is 312 g/mol. The molecule has 1 aromatic carbocycles. The van der Waals surface area contributed by atoms with Crippen LogP contribution in [0.15, 0.2) is 30.3 Å². The number of amides is 3. The van der Waals surface area contributed by atoms with Gasteiger partial charge in [0, 0.05) is 0 Å². The maximum atomic E-state index is 11.8. The molecule has 0 saturated heterocycles. The summed E-state index contributed by atoms with van der Waals surface area (Å²) >= 11 is 0. The van der Waals surface area contributed by atoms with Crippen LogP contribution in [0.2, 0.25) is 0 Å². The summed E-state index contributed by atoms with van der Waals surface area (Å²) in [5.41, 5.74) is 5.23. The third-order valence-corrected chi connectivity index (χ3v) is 2.67. The average Bonchev–Trinajstić information content (AvgIpc) is 2.49. The highest BCUT2D eigenvalue weighted by Gasteiger charge is 2.21. The van der Waals surface area contributed by atoms with Crippen LogP contribution in [-0.4, -0.2) is 36.1 Å². The number of benzene rings is 1. The highest BCUT2D eigenvalue weighted by Crippen LogP contribution is 2.06. The van der Waals surface area contributed by atoms with E-state index in [1.54, 1.807) is 32.9 Å². The molecule has 0 fully saturated rings. The maximum Gasteiger partial charge on any atom is 0.408 e. The Morgan fingerprint density at radius 3 is 2.33 bits per heavy atom. The van der Waals surface area contributed by atoms with Crippen LogP contribution in [0.4, 0.5) is 10.5 Å². The molecular formula is C16H24N4O4. The quantitative estimate of drug-likeness (QED) is 0.583. The summed E-state index contributed by atoms with van der Waals surface area (Å²) in [6.07, 6.45) is -0.694. The SMILES string of the molecule is C[C@H](NC(=O)OC(C)(C)C)C(=O)NCC(=O)NNc1ccccc1. The van der Waals surface area contributed by atoms with Crippen molar-refractivity contribution in [3.8, 4) is 0 Å². The van der Waals surface area contributed by atoms with Crippen LogP contribution >= 0.6 is 0 Å². The van der Waals surface area contributed by atoms with E-state index >= 15 is 0 Å². The maximum absolute atomic E-state index is 11.8. The van der Waals surface area contributed by atoms with Crippen LogP contribution in [0.1, 0.15) is 27.7 Å². The molecule has 0 bridgehead atoms. The molecule has 0 saturated carbocycles.